The molecule has 1 saturated heterocycles. The minimum atomic E-state index is -0.693. The zero-order valence-corrected chi connectivity index (χ0v) is 15.1. The topological polar surface area (TPSA) is 96.2 Å². The van der Waals surface area contributed by atoms with Gasteiger partial charge >= 0.3 is 11.8 Å². The Bertz CT molecular complexity index is 636. The summed E-state index contributed by atoms with van der Waals surface area (Å²) in [6, 6.07) is 5.26. The molecule has 1 fully saturated rings. The van der Waals surface area contributed by atoms with E-state index in [1.807, 2.05) is 13.0 Å². The number of amides is 2. The van der Waals surface area contributed by atoms with Gasteiger partial charge in [-0.1, -0.05) is 6.07 Å². The number of hydrogen-bond donors (Lipinski definition) is 4. The molecule has 2 rings (SSSR count). The van der Waals surface area contributed by atoms with Crippen LogP contribution in [0.5, 0.6) is 0 Å². The molecule has 6 nitrogen and oxygen atoms in total. The second-order valence-electron chi connectivity index (χ2n) is 8.02. The van der Waals surface area contributed by atoms with E-state index >= 15 is 0 Å². The van der Waals surface area contributed by atoms with Crippen LogP contribution in [0.1, 0.15) is 46.1 Å². The quantitative estimate of drug-likeness (QED) is 0.491. The summed E-state index contributed by atoms with van der Waals surface area (Å²) in [6.45, 7) is 10.3. The first-order chi connectivity index (χ1) is 11.0. The van der Waals surface area contributed by atoms with E-state index in [4.69, 9.17) is 5.73 Å². The van der Waals surface area contributed by atoms with Crippen LogP contribution < -0.4 is 21.7 Å². The van der Waals surface area contributed by atoms with Crippen LogP contribution in [0, 0.1) is 6.92 Å². The molecule has 5 N–H and O–H groups in total. The molecule has 1 aromatic rings. The molecule has 0 aromatic heterocycles. The number of nitrogen functional groups attached to an aromatic ring is 1. The predicted octanol–water partition coefficient (Wildman–Crippen LogP) is 1.94. The Morgan fingerprint density at radius 2 is 1.71 bits per heavy atom. The Hall–Kier alpha value is -2.08. The summed E-state index contributed by atoms with van der Waals surface area (Å²) >= 11 is 0. The number of nitrogens with one attached hydrogen (secondary N) is 3. The van der Waals surface area contributed by atoms with Gasteiger partial charge in [-0.3, -0.25) is 9.59 Å². The highest BCUT2D eigenvalue weighted by atomic mass is 16.2. The third-order valence-electron chi connectivity index (χ3n) is 4.19. The summed E-state index contributed by atoms with van der Waals surface area (Å²) in [5.74, 6) is -1.32. The van der Waals surface area contributed by atoms with Gasteiger partial charge in [-0.05, 0) is 65.2 Å². The first kappa shape index (κ1) is 18.3. The fourth-order valence-corrected chi connectivity index (χ4v) is 3.63. The van der Waals surface area contributed by atoms with E-state index in [2.05, 4.69) is 43.6 Å². The van der Waals surface area contributed by atoms with Gasteiger partial charge in [-0.15, -0.1) is 0 Å². The maximum absolute atomic E-state index is 12.2. The molecule has 0 unspecified atom stereocenters. The van der Waals surface area contributed by atoms with Gasteiger partial charge in [0, 0.05) is 17.1 Å². The normalized spacial score (nSPS) is 19.5. The first-order valence-electron chi connectivity index (χ1n) is 8.25. The average molecular weight is 332 g/mol. The van der Waals surface area contributed by atoms with E-state index in [9.17, 15) is 9.59 Å². The Kier molecular flexibility index (Phi) is 4.90. The van der Waals surface area contributed by atoms with E-state index < -0.39 is 11.8 Å². The molecule has 0 spiro atoms. The molecule has 1 aliphatic rings. The van der Waals surface area contributed by atoms with Gasteiger partial charge in [0.05, 0.1) is 11.4 Å². The summed E-state index contributed by atoms with van der Waals surface area (Å²) in [7, 11) is 0. The Morgan fingerprint density at radius 1 is 1.12 bits per heavy atom. The minimum Gasteiger partial charge on any atom is -0.397 e. The molecule has 2 amide bonds. The number of anilines is 2. The monoisotopic (exact) mass is 332 g/mol. The highest BCUT2D eigenvalue weighted by Gasteiger charge is 2.38. The van der Waals surface area contributed by atoms with Crippen LogP contribution in [0.25, 0.3) is 0 Å². The third kappa shape index (κ3) is 4.71. The highest BCUT2D eigenvalue weighted by Crippen LogP contribution is 2.28. The average Bonchev–Trinajstić information content (AvgIpc) is 2.39. The van der Waals surface area contributed by atoms with Crippen LogP contribution in [0.2, 0.25) is 0 Å². The Balaban J connectivity index is 2.01. The maximum atomic E-state index is 12.2. The number of nitrogens with two attached hydrogens (primary N) is 1. The maximum Gasteiger partial charge on any atom is 0.313 e. The lowest BCUT2D eigenvalue weighted by Crippen LogP contribution is -2.62. The minimum absolute atomic E-state index is 0.0515. The predicted molar refractivity (Wildman–Crippen MR) is 96.7 cm³/mol. The molecule has 0 radical (unpaired) electrons. The molecular weight excluding hydrogens is 304 g/mol. The lowest BCUT2D eigenvalue weighted by atomic mass is 9.79. The summed E-state index contributed by atoms with van der Waals surface area (Å²) in [5.41, 5.74) is 7.49. The van der Waals surface area contributed by atoms with Crippen LogP contribution >= 0.6 is 0 Å². The fourth-order valence-electron chi connectivity index (χ4n) is 3.63. The van der Waals surface area contributed by atoms with Crippen molar-refractivity contribution in [2.75, 3.05) is 11.1 Å². The molecule has 1 heterocycles. The van der Waals surface area contributed by atoms with Gasteiger partial charge < -0.3 is 21.7 Å². The lowest BCUT2D eigenvalue weighted by Gasteiger charge is -2.46. The number of piperidine rings is 1. The van der Waals surface area contributed by atoms with Crippen molar-refractivity contribution in [3.05, 3.63) is 23.8 Å². The van der Waals surface area contributed by atoms with Gasteiger partial charge in [0.2, 0.25) is 0 Å². The van der Waals surface area contributed by atoms with Crippen molar-refractivity contribution in [2.24, 2.45) is 0 Å². The SMILES string of the molecule is Cc1ccc(N)c(NC(=O)C(=O)NC2CC(C)(C)NC(C)(C)C2)c1. The van der Waals surface area contributed by atoms with Crippen molar-refractivity contribution in [2.45, 2.75) is 64.6 Å². The van der Waals surface area contributed by atoms with Crippen molar-refractivity contribution in [3.8, 4) is 0 Å². The summed E-state index contributed by atoms with van der Waals surface area (Å²) in [4.78, 5) is 24.4. The largest absolute Gasteiger partial charge is 0.397 e. The molecule has 0 saturated carbocycles. The van der Waals surface area contributed by atoms with Crippen molar-refractivity contribution < 1.29 is 9.59 Å². The number of carbonyl (C=O) groups is 2. The van der Waals surface area contributed by atoms with Gasteiger partial charge in [-0.25, -0.2) is 0 Å². The van der Waals surface area contributed by atoms with E-state index in [1.165, 1.54) is 0 Å². The van der Waals surface area contributed by atoms with Crippen LogP contribution in [0.4, 0.5) is 11.4 Å². The smallest absolute Gasteiger partial charge is 0.313 e. The first-order valence-corrected chi connectivity index (χ1v) is 8.25. The number of rotatable bonds is 2. The summed E-state index contributed by atoms with van der Waals surface area (Å²) < 4.78 is 0. The standard InChI is InChI=1S/C18H28N4O2/c1-11-6-7-13(19)14(8-11)21-16(24)15(23)20-12-9-17(2,3)22-18(4,5)10-12/h6-8,12,22H,9-10,19H2,1-5H3,(H,20,23)(H,21,24). The fraction of sp³-hybridized carbons (Fsp3) is 0.556. The Morgan fingerprint density at radius 3 is 2.29 bits per heavy atom. The number of benzene rings is 1. The van der Waals surface area contributed by atoms with Gasteiger partial charge in [0.25, 0.3) is 0 Å². The summed E-state index contributed by atoms with van der Waals surface area (Å²) in [5, 5.41) is 8.99. The molecule has 0 aliphatic carbocycles. The number of carbonyl (C=O) groups excluding carboxylic acids is 2. The summed E-state index contributed by atoms with van der Waals surface area (Å²) in [6.07, 6.45) is 1.53. The molecule has 132 valence electrons. The Labute approximate surface area is 143 Å². The molecule has 6 heteroatoms. The van der Waals surface area contributed by atoms with Gasteiger partial charge in [0.15, 0.2) is 0 Å². The number of hydrogen-bond acceptors (Lipinski definition) is 4. The van der Waals surface area contributed by atoms with Crippen LogP contribution in [0.3, 0.4) is 0 Å². The zero-order chi connectivity index (χ0) is 18.1. The van der Waals surface area contributed by atoms with Crippen molar-refractivity contribution >= 4 is 23.2 Å². The van der Waals surface area contributed by atoms with E-state index in [0.29, 0.717) is 11.4 Å². The molecular formula is C18H28N4O2. The van der Waals surface area contributed by atoms with E-state index in [0.717, 1.165) is 18.4 Å². The number of aryl methyl sites for hydroxylation is 1. The zero-order valence-electron chi connectivity index (χ0n) is 15.1. The van der Waals surface area contributed by atoms with Gasteiger partial charge in [0.1, 0.15) is 0 Å². The van der Waals surface area contributed by atoms with Crippen molar-refractivity contribution in [1.29, 1.82) is 0 Å². The van der Waals surface area contributed by atoms with E-state index in [1.54, 1.807) is 12.1 Å². The van der Waals surface area contributed by atoms with Crippen molar-refractivity contribution in [1.82, 2.24) is 10.6 Å². The van der Waals surface area contributed by atoms with E-state index in [-0.39, 0.29) is 17.1 Å². The molecule has 1 aliphatic heterocycles. The highest BCUT2D eigenvalue weighted by molar-refractivity contribution is 6.40. The lowest BCUT2D eigenvalue weighted by molar-refractivity contribution is -0.137. The molecule has 1 aromatic carbocycles. The van der Waals surface area contributed by atoms with Crippen LogP contribution in [-0.2, 0) is 9.59 Å². The second kappa shape index (κ2) is 6.43. The molecule has 0 bridgehead atoms. The third-order valence-corrected chi connectivity index (χ3v) is 4.19. The van der Waals surface area contributed by atoms with Crippen molar-refractivity contribution in [3.63, 3.8) is 0 Å². The molecule has 24 heavy (non-hydrogen) atoms. The van der Waals surface area contributed by atoms with Crippen LogP contribution in [0.15, 0.2) is 18.2 Å². The second-order valence-corrected chi connectivity index (χ2v) is 8.02. The van der Waals surface area contributed by atoms with Crippen LogP contribution in [-0.4, -0.2) is 28.9 Å². The molecule has 0 atom stereocenters. The van der Waals surface area contributed by atoms with Gasteiger partial charge in [-0.2, -0.15) is 0 Å².